The van der Waals surface area contributed by atoms with Gasteiger partial charge >= 0.3 is 5.51 Å². The molecule has 0 saturated heterocycles. The largest absolute Gasteiger partial charge is 0.501 e. The maximum atomic E-state index is 13.8. The lowest BCUT2D eigenvalue weighted by molar-refractivity contribution is -0.115. The van der Waals surface area contributed by atoms with Crippen molar-refractivity contribution in [2.75, 3.05) is 5.32 Å². The van der Waals surface area contributed by atoms with E-state index < -0.39 is 32.0 Å². The summed E-state index contributed by atoms with van der Waals surface area (Å²) in [4.78, 5) is 11.0. The lowest BCUT2D eigenvalue weighted by Crippen LogP contribution is -2.23. The summed E-state index contributed by atoms with van der Waals surface area (Å²) in [5, 5.41) is 2.36. The quantitative estimate of drug-likeness (QED) is 0.730. The van der Waals surface area contributed by atoms with E-state index in [1.165, 1.54) is 12.1 Å². The third-order valence-electron chi connectivity index (χ3n) is 3.14. The predicted molar refractivity (Wildman–Crippen MR) is 86.1 cm³/mol. The highest BCUT2D eigenvalue weighted by Gasteiger charge is 2.46. The third kappa shape index (κ3) is 4.37. The predicted octanol–water partition coefficient (Wildman–Crippen LogP) is 4.06. The first-order chi connectivity index (χ1) is 11.5. The van der Waals surface area contributed by atoms with Gasteiger partial charge in [-0.25, -0.2) is 12.8 Å². The number of rotatable bonds is 4. The number of amides is 1. The van der Waals surface area contributed by atoms with Gasteiger partial charge in [0.1, 0.15) is 5.82 Å². The zero-order valence-corrected chi connectivity index (χ0v) is 14.7. The molecule has 10 heteroatoms. The number of benzene rings is 2. The lowest BCUT2D eigenvalue weighted by Gasteiger charge is -2.10. The second kappa shape index (κ2) is 7.12. The maximum absolute atomic E-state index is 13.8. The molecule has 2 rings (SSSR count). The molecule has 2 aromatic carbocycles. The van der Waals surface area contributed by atoms with Gasteiger partial charge in [-0.2, -0.15) is 13.2 Å². The highest BCUT2D eigenvalue weighted by atomic mass is 79.9. The van der Waals surface area contributed by atoms with E-state index in [0.717, 1.165) is 24.3 Å². The fraction of sp³-hybridized carbons (Fsp3) is 0.133. The Morgan fingerprint density at radius 1 is 1.08 bits per heavy atom. The first-order valence-corrected chi connectivity index (χ1v) is 8.94. The molecule has 0 atom stereocenters. The van der Waals surface area contributed by atoms with Crippen LogP contribution in [0.3, 0.4) is 0 Å². The fourth-order valence-corrected chi connectivity index (χ4v) is 3.08. The molecule has 1 N–H and O–H groups in total. The summed E-state index contributed by atoms with van der Waals surface area (Å²) in [6.07, 6.45) is -0.298. The molecule has 0 heterocycles. The van der Waals surface area contributed by atoms with Crippen LogP contribution in [0.5, 0.6) is 0 Å². The second-order valence-electron chi connectivity index (χ2n) is 4.91. The van der Waals surface area contributed by atoms with Crippen LogP contribution in [-0.4, -0.2) is 19.8 Å². The molecule has 0 aromatic heterocycles. The Kier molecular flexibility index (Phi) is 5.52. The van der Waals surface area contributed by atoms with Gasteiger partial charge < -0.3 is 5.32 Å². The third-order valence-corrected chi connectivity index (χ3v) is 5.25. The summed E-state index contributed by atoms with van der Waals surface area (Å²) in [7, 11) is -5.45. The SMILES string of the molecule is O=C(Cc1cccc(Br)c1F)Nc1ccc(S(=O)(=O)C(F)(F)F)cc1. The zero-order chi connectivity index (χ0) is 18.8. The number of alkyl halides is 3. The number of hydrogen-bond donors (Lipinski definition) is 1. The van der Waals surface area contributed by atoms with Gasteiger partial charge in [-0.15, -0.1) is 0 Å². The molecule has 0 aliphatic carbocycles. The van der Waals surface area contributed by atoms with E-state index in [1.807, 2.05) is 0 Å². The van der Waals surface area contributed by atoms with Crippen molar-refractivity contribution >= 4 is 37.4 Å². The van der Waals surface area contributed by atoms with E-state index in [1.54, 1.807) is 6.07 Å². The fourth-order valence-electron chi connectivity index (χ4n) is 1.91. The van der Waals surface area contributed by atoms with Gasteiger partial charge in [0.15, 0.2) is 0 Å². The molecule has 25 heavy (non-hydrogen) atoms. The van der Waals surface area contributed by atoms with Gasteiger partial charge in [0.2, 0.25) is 5.91 Å². The smallest absolute Gasteiger partial charge is 0.326 e. The summed E-state index contributed by atoms with van der Waals surface area (Å²) in [5.41, 5.74) is -5.19. The molecule has 0 saturated carbocycles. The Labute approximate surface area is 148 Å². The first-order valence-electron chi connectivity index (χ1n) is 6.66. The molecule has 1 amide bonds. The molecule has 0 aliphatic heterocycles. The second-order valence-corrected chi connectivity index (χ2v) is 7.71. The van der Waals surface area contributed by atoms with Crippen LogP contribution in [0, 0.1) is 5.82 Å². The van der Waals surface area contributed by atoms with Gasteiger partial charge in [0.25, 0.3) is 9.84 Å². The van der Waals surface area contributed by atoms with E-state index in [0.29, 0.717) is 0 Å². The summed E-state index contributed by atoms with van der Waals surface area (Å²) >= 11 is 2.99. The van der Waals surface area contributed by atoms with E-state index in [4.69, 9.17) is 0 Å². The number of anilines is 1. The Morgan fingerprint density at radius 2 is 1.68 bits per heavy atom. The van der Waals surface area contributed by atoms with Crippen molar-refractivity contribution in [3.05, 3.63) is 58.3 Å². The minimum atomic E-state index is -5.45. The van der Waals surface area contributed by atoms with E-state index in [9.17, 15) is 30.8 Å². The molecule has 0 aliphatic rings. The van der Waals surface area contributed by atoms with E-state index in [-0.39, 0.29) is 22.1 Å². The molecular weight excluding hydrogens is 430 g/mol. The van der Waals surface area contributed by atoms with Crippen LogP contribution in [0.25, 0.3) is 0 Å². The lowest BCUT2D eigenvalue weighted by atomic mass is 10.1. The monoisotopic (exact) mass is 439 g/mol. The van der Waals surface area contributed by atoms with Crippen LogP contribution in [0.2, 0.25) is 0 Å². The number of halogens is 5. The minimum Gasteiger partial charge on any atom is -0.326 e. The van der Waals surface area contributed by atoms with E-state index >= 15 is 0 Å². The number of nitrogens with one attached hydrogen (secondary N) is 1. The molecule has 0 unspecified atom stereocenters. The van der Waals surface area contributed by atoms with Crippen molar-refractivity contribution in [1.82, 2.24) is 0 Å². The van der Waals surface area contributed by atoms with Gasteiger partial charge in [-0.3, -0.25) is 4.79 Å². The van der Waals surface area contributed by atoms with Crippen molar-refractivity contribution in [3.8, 4) is 0 Å². The van der Waals surface area contributed by atoms with Crippen molar-refractivity contribution in [1.29, 1.82) is 0 Å². The molecule has 0 spiro atoms. The molecule has 134 valence electrons. The summed E-state index contributed by atoms with van der Waals surface area (Å²) in [6.45, 7) is 0. The normalized spacial score (nSPS) is 12.0. The van der Waals surface area contributed by atoms with Gasteiger partial charge in [-0.1, -0.05) is 12.1 Å². The molecule has 0 fully saturated rings. The van der Waals surface area contributed by atoms with Crippen LogP contribution in [0.15, 0.2) is 51.8 Å². The highest BCUT2D eigenvalue weighted by molar-refractivity contribution is 9.10. The molecule has 2 aromatic rings. The molecule has 0 radical (unpaired) electrons. The number of carbonyl (C=O) groups excluding carboxylic acids is 1. The Morgan fingerprint density at radius 3 is 2.24 bits per heavy atom. The van der Waals surface area contributed by atoms with Gasteiger partial charge in [0.05, 0.1) is 15.8 Å². The summed E-state index contributed by atoms with van der Waals surface area (Å²) in [6, 6.07) is 7.94. The Bertz CT molecular complexity index is 896. The minimum absolute atomic E-state index is 0.0847. The zero-order valence-electron chi connectivity index (χ0n) is 12.3. The van der Waals surface area contributed by atoms with Crippen molar-refractivity contribution in [2.45, 2.75) is 16.8 Å². The number of carbonyl (C=O) groups is 1. The van der Waals surface area contributed by atoms with Crippen molar-refractivity contribution < 1.29 is 30.8 Å². The highest BCUT2D eigenvalue weighted by Crippen LogP contribution is 2.30. The number of hydrogen-bond acceptors (Lipinski definition) is 3. The maximum Gasteiger partial charge on any atom is 0.501 e. The average molecular weight is 440 g/mol. The van der Waals surface area contributed by atoms with Crippen molar-refractivity contribution in [2.24, 2.45) is 0 Å². The van der Waals surface area contributed by atoms with Gasteiger partial charge in [-0.05, 0) is 51.8 Å². The van der Waals surface area contributed by atoms with Crippen LogP contribution in [0.4, 0.5) is 23.2 Å². The van der Waals surface area contributed by atoms with Crippen LogP contribution in [-0.2, 0) is 21.1 Å². The average Bonchev–Trinajstić information content (AvgIpc) is 2.51. The molecular formula is C15H10BrF4NO3S. The first kappa shape index (κ1) is 19.4. The van der Waals surface area contributed by atoms with Crippen molar-refractivity contribution in [3.63, 3.8) is 0 Å². The van der Waals surface area contributed by atoms with E-state index in [2.05, 4.69) is 21.2 Å². The summed E-state index contributed by atoms with van der Waals surface area (Å²) in [5.74, 6) is -1.20. The Balaban J connectivity index is 2.11. The molecule has 4 nitrogen and oxygen atoms in total. The van der Waals surface area contributed by atoms with Crippen LogP contribution < -0.4 is 5.32 Å². The van der Waals surface area contributed by atoms with Crippen LogP contribution >= 0.6 is 15.9 Å². The molecule has 0 bridgehead atoms. The topological polar surface area (TPSA) is 63.2 Å². The van der Waals surface area contributed by atoms with Crippen LogP contribution in [0.1, 0.15) is 5.56 Å². The Hall–Kier alpha value is -1.94. The summed E-state index contributed by atoms with van der Waals surface area (Å²) < 4.78 is 73.8. The van der Waals surface area contributed by atoms with Gasteiger partial charge in [0, 0.05) is 5.69 Å². The standard InChI is InChI=1S/C15H10BrF4NO3S/c16-12-3-1-2-9(14(12)17)8-13(22)21-10-4-6-11(7-5-10)25(23,24)15(18,19)20/h1-7H,8H2,(H,21,22). The number of sulfone groups is 1.